The van der Waals surface area contributed by atoms with E-state index in [-0.39, 0.29) is 5.91 Å². The summed E-state index contributed by atoms with van der Waals surface area (Å²) in [5.41, 5.74) is 6.25. The summed E-state index contributed by atoms with van der Waals surface area (Å²) in [7, 11) is 3.19. The highest BCUT2D eigenvalue weighted by Gasteiger charge is 2.16. The van der Waals surface area contributed by atoms with Gasteiger partial charge in [-0.2, -0.15) is 10.4 Å². The molecule has 0 bridgehead atoms. The van der Waals surface area contributed by atoms with Crippen LogP contribution in [0.15, 0.2) is 11.4 Å². The molecule has 2 N–H and O–H groups in total. The van der Waals surface area contributed by atoms with Crippen molar-refractivity contribution < 1.29 is 9.53 Å². The van der Waals surface area contributed by atoms with E-state index in [0.717, 1.165) is 0 Å². The number of thiophene rings is 1. The molecule has 2 rings (SSSR count). The van der Waals surface area contributed by atoms with E-state index in [1.165, 1.54) is 23.1 Å². The van der Waals surface area contributed by atoms with Gasteiger partial charge in [-0.3, -0.25) is 20.3 Å². The van der Waals surface area contributed by atoms with Crippen molar-refractivity contribution in [1.82, 2.24) is 15.2 Å². The van der Waals surface area contributed by atoms with Crippen LogP contribution in [0.2, 0.25) is 0 Å². The number of hydrogen-bond donors (Lipinski definition) is 2. The third-order valence-corrected chi connectivity index (χ3v) is 3.58. The predicted octanol–water partition coefficient (Wildman–Crippen LogP) is 1.43. The molecular formula is C12H13N5O2S. The van der Waals surface area contributed by atoms with E-state index in [4.69, 9.17) is 10.00 Å². The second-order valence-electron chi connectivity index (χ2n) is 3.94. The third-order valence-electron chi connectivity index (χ3n) is 2.68. The van der Waals surface area contributed by atoms with Gasteiger partial charge in [-0.25, -0.2) is 0 Å². The Balaban J connectivity index is 2.14. The lowest BCUT2D eigenvalue weighted by atomic mass is 10.3. The fourth-order valence-electron chi connectivity index (χ4n) is 1.73. The Morgan fingerprint density at radius 2 is 2.35 bits per heavy atom. The van der Waals surface area contributed by atoms with Gasteiger partial charge in [0.2, 0.25) is 0 Å². The topological polar surface area (TPSA) is 92.0 Å². The first-order valence-corrected chi connectivity index (χ1v) is 6.58. The Morgan fingerprint density at radius 1 is 1.60 bits per heavy atom. The molecule has 0 atom stereocenters. The molecule has 8 heteroatoms. The van der Waals surface area contributed by atoms with Gasteiger partial charge in [-0.05, 0) is 18.4 Å². The Kier molecular flexibility index (Phi) is 3.91. The number of nitrogens with zero attached hydrogens (tertiary/aromatic N) is 3. The molecule has 0 unspecified atom stereocenters. The minimum Gasteiger partial charge on any atom is -0.495 e. The van der Waals surface area contributed by atoms with Crippen LogP contribution in [0.4, 0.5) is 5.82 Å². The summed E-state index contributed by atoms with van der Waals surface area (Å²) in [6.07, 6.45) is 0. The smallest absolute Gasteiger partial charge is 0.283 e. The van der Waals surface area contributed by atoms with Crippen LogP contribution in [0.25, 0.3) is 0 Å². The van der Waals surface area contributed by atoms with Gasteiger partial charge in [0.05, 0.1) is 12.8 Å². The number of nitrogens with one attached hydrogen (secondary N) is 2. The number of methoxy groups -OCH3 is 1. The molecule has 0 radical (unpaired) electrons. The number of ether oxygens (including phenoxy) is 1. The second kappa shape index (κ2) is 5.63. The second-order valence-corrected chi connectivity index (χ2v) is 4.86. The normalized spacial score (nSPS) is 9.90. The van der Waals surface area contributed by atoms with Gasteiger partial charge in [0, 0.05) is 7.05 Å². The Labute approximate surface area is 119 Å². The molecule has 104 valence electrons. The zero-order chi connectivity index (χ0) is 14.7. The minimum atomic E-state index is -0.334. The number of carbonyl (C=O) groups is 1. The molecule has 0 saturated heterocycles. The van der Waals surface area contributed by atoms with Crippen molar-refractivity contribution >= 4 is 23.1 Å². The van der Waals surface area contributed by atoms with E-state index in [2.05, 4.69) is 16.0 Å². The summed E-state index contributed by atoms with van der Waals surface area (Å²) in [5.74, 6) is 0.615. The number of aromatic nitrogens is 2. The van der Waals surface area contributed by atoms with E-state index in [1.807, 2.05) is 6.07 Å². The standard InChI is InChI=1S/C12H13N5O2S/c1-7-8(6-13)11(17(2)16-7)14-15-12(18)10-9(19-3)4-5-20-10/h4-5,14H,1-3H3,(H,15,18). The number of nitriles is 1. The predicted molar refractivity (Wildman–Crippen MR) is 74.6 cm³/mol. The zero-order valence-corrected chi connectivity index (χ0v) is 12.0. The van der Waals surface area contributed by atoms with Crippen molar-refractivity contribution in [1.29, 1.82) is 5.26 Å². The van der Waals surface area contributed by atoms with Gasteiger partial charge >= 0.3 is 0 Å². The first-order valence-electron chi connectivity index (χ1n) is 5.70. The number of aryl methyl sites for hydroxylation is 2. The molecule has 0 fully saturated rings. The van der Waals surface area contributed by atoms with Gasteiger partial charge < -0.3 is 4.74 Å². The van der Waals surface area contributed by atoms with E-state index in [1.54, 1.807) is 25.4 Å². The average Bonchev–Trinajstić information content (AvgIpc) is 3.00. The Bertz CT molecular complexity index is 683. The average molecular weight is 291 g/mol. The molecule has 2 aromatic rings. The molecule has 0 aromatic carbocycles. The van der Waals surface area contributed by atoms with Crippen molar-refractivity contribution in [3.63, 3.8) is 0 Å². The van der Waals surface area contributed by atoms with Crippen molar-refractivity contribution in [3.8, 4) is 11.8 Å². The molecule has 2 heterocycles. The molecular weight excluding hydrogens is 278 g/mol. The SMILES string of the molecule is COc1ccsc1C(=O)NNc1c(C#N)c(C)nn1C. The van der Waals surface area contributed by atoms with Gasteiger partial charge in [0.15, 0.2) is 5.82 Å². The first-order chi connectivity index (χ1) is 9.58. The highest BCUT2D eigenvalue weighted by molar-refractivity contribution is 7.12. The molecule has 7 nitrogen and oxygen atoms in total. The highest BCUT2D eigenvalue weighted by Crippen LogP contribution is 2.24. The van der Waals surface area contributed by atoms with Gasteiger partial charge in [-0.15, -0.1) is 11.3 Å². The molecule has 0 aliphatic heterocycles. The number of anilines is 1. The lowest BCUT2D eigenvalue weighted by Crippen LogP contribution is -2.30. The summed E-state index contributed by atoms with van der Waals surface area (Å²) >= 11 is 1.27. The summed E-state index contributed by atoms with van der Waals surface area (Å²) in [5, 5.41) is 15.0. The summed E-state index contributed by atoms with van der Waals surface area (Å²) in [4.78, 5) is 12.5. The Morgan fingerprint density at radius 3 is 3.00 bits per heavy atom. The maximum absolute atomic E-state index is 12.0. The molecule has 0 spiro atoms. The van der Waals surface area contributed by atoms with Crippen LogP contribution in [-0.2, 0) is 7.05 Å². The third kappa shape index (κ3) is 2.44. The van der Waals surface area contributed by atoms with Crippen LogP contribution in [0.1, 0.15) is 20.9 Å². The van der Waals surface area contributed by atoms with Gasteiger partial charge in [0.25, 0.3) is 5.91 Å². The first kappa shape index (κ1) is 13.9. The monoisotopic (exact) mass is 291 g/mol. The Hall–Kier alpha value is -2.53. The largest absolute Gasteiger partial charge is 0.495 e. The lowest BCUT2D eigenvalue weighted by molar-refractivity contribution is 0.0963. The number of carbonyl (C=O) groups excluding carboxylic acids is 1. The van der Waals surface area contributed by atoms with E-state index >= 15 is 0 Å². The number of hydrazine groups is 1. The zero-order valence-electron chi connectivity index (χ0n) is 11.2. The summed E-state index contributed by atoms with van der Waals surface area (Å²) in [6, 6.07) is 3.76. The number of rotatable bonds is 4. The molecule has 0 aliphatic rings. The van der Waals surface area contributed by atoms with Crippen LogP contribution in [-0.4, -0.2) is 22.8 Å². The fraction of sp³-hybridized carbons (Fsp3) is 0.250. The highest BCUT2D eigenvalue weighted by atomic mass is 32.1. The molecule has 2 aromatic heterocycles. The minimum absolute atomic E-state index is 0.334. The maximum atomic E-state index is 12.0. The van der Waals surface area contributed by atoms with Crippen LogP contribution >= 0.6 is 11.3 Å². The summed E-state index contributed by atoms with van der Waals surface area (Å²) < 4.78 is 6.58. The van der Waals surface area contributed by atoms with Crippen LogP contribution in [0.3, 0.4) is 0 Å². The van der Waals surface area contributed by atoms with E-state index < -0.39 is 0 Å². The summed E-state index contributed by atoms with van der Waals surface area (Å²) in [6.45, 7) is 1.73. The van der Waals surface area contributed by atoms with Gasteiger partial charge in [0.1, 0.15) is 22.3 Å². The van der Waals surface area contributed by atoms with Crippen molar-refractivity contribution in [2.24, 2.45) is 7.05 Å². The van der Waals surface area contributed by atoms with Crippen LogP contribution in [0.5, 0.6) is 5.75 Å². The maximum Gasteiger partial charge on any atom is 0.283 e. The van der Waals surface area contributed by atoms with Crippen LogP contribution < -0.4 is 15.6 Å². The fourth-order valence-corrected chi connectivity index (χ4v) is 2.49. The van der Waals surface area contributed by atoms with Crippen molar-refractivity contribution in [2.45, 2.75) is 6.92 Å². The number of amides is 1. The lowest BCUT2D eigenvalue weighted by Gasteiger charge is -2.09. The van der Waals surface area contributed by atoms with Crippen LogP contribution in [0, 0.1) is 18.3 Å². The molecule has 0 saturated carbocycles. The quantitative estimate of drug-likeness (QED) is 0.831. The molecule has 0 aliphatic carbocycles. The van der Waals surface area contributed by atoms with Crippen molar-refractivity contribution in [3.05, 3.63) is 27.6 Å². The van der Waals surface area contributed by atoms with E-state index in [0.29, 0.717) is 27.7 Å². The number of hydrogen-bond acceptors (Lipinski definition) is 6. The van der Waals surface area contributed by atoms with Gasteiger partial charge in [-0.1, -0.05) is 0 Å². The molecule has 20 heavy (non-hydrogen) atoms. The van der Waals surface area contributed by atoms with E-state index in [9.17, 15) is 4.79 Å². The van der Waals surface area contributed by atoms with Crippen molar-refractivity contribution in [2.75, 3.05) is 12.5 Å². The molecule has 1 amide bonds.